The van der Waals surface area contributed by atoms with Gasteiger partial charge in [-0.25, -0.2) is 13.9 Å². The summed E-state index contributed by atoms with van der Waals surface area (Å²) < 4.78 is 24.3. The molecule has 8 nitrogen and oxygen atoms in total. The van der Waals surface area contributed by atoms with Crippen LogP contribution in [-0.4, -0.2) is 50.9 Å². The summed E-state index contributed by atoms with van der Waals surface area (Å²) in [4.78, 5) is 28.4. The molecule has 4 aliphatic rings. The van der Waals surface area contributed by atoms with E-state index in [0.29, 0.717) is 45.5 Å². The molecule has 1 aromatic heterocycles. The van der Waals surface area contributed by atoms with E-state index in [2.05, 4.69) is 10.2 Å². The van der Waals surface area contributed by atoms with Gasteiger partial charge in [0.15, 0.2) is 0 Å². The third kappa shape index (κ3) is 3.53. The molecule has 1 aliphatic carbocycles. The number of hydrogen-bond acceptors (Lipinski definition) is 5. The van der Waals surface area contributed by atoms with Crippen molar-refractivity contribution in [2.45, 2.75) is 42.8 Å². The van der Waals surface area contributed by atoms with Gasteiger partial charge in [-0.15, -0.1) is 0 Å². The quantitative estimate of drug-likeness (QED) is 0.279. The minimum Gasteiger partial charge on any atom is -0.478 e. The Morgan fingerprint density at radius 2 is 2.00 bits per heavy atom. The summed E-state index contributed by atoms with van der Waals surface area (Å²) >= 11 is 12.7. The molecule has 4 heterocycles. The topological polar surface area (TPSA) is 96.7 Å². The first-order valence-corrected chi connectivity index (χ1v) is 14.7. The van der Waals surface area contributed by atoms with E-state index >= 15 is 4.39 Å². The van der Waals surface area contributed by atoms with Crippen LogP contribution in [0, 0.1) is 11.7 Å². The smallest absolute Gasteiger partial charge is 0.335 e. The summed E-state index contributed by atoms with van der Waals surface area (Å²) in [6, 6.07) is 14.0. The monoisotopic (exact) mass is 606 g/mol. The van der Waals surface area contributed by atoms with Crippen LogP contribution >= 0.6 is 23.2 Å². The Morgan fingerprint density at radius 3 is 2.79 bits per heavy atom. The van der Waals surface area contributed by atoms with E-state index in [4.69, 9.17) is 33.0 Å². The zero-order valence-electron chi connectivity index (χ0n) is 22.2. The highest BCUT2D eigenvalue weighted by Gasteiger charge is 2.69. The van der Waals surface area contributed by atoms with E-state index in [1.807, 2.05) is 6.07 Å². The average molecular weight is 607 g/mol. The summed E-state index contributed by atoms with van der Waals surface area (Å²) in [6.45, 7) is 0.843. The number of carbonyl (C=O) groups is 2. The van der Waals surface area contributed by atoms with Crippen molar-refractivity contribution >= 4 is 51.7 Å². The number of nitrogens with zero attached hydrogens (tertiary/aromatic N) is 3. The van der Waals surface area contributed by atoms with Gasteiger partial charge in [-0.3, -0.25) is 9.69 Å². The number of aromatic carboxylic acids is 1. The molecule has 2 fully saturated rings. The molecule has 11 heteroatoms. The molecule has 1 spiro atoms. The normalized spacial score (nSPS) is 26.2. The van der Waals surface area contributed by atoms with Crippen LogP contribution < -0.4 is 10.1 Å². The van der Waals surface area contributed by atoms with Crippen LogP contribution in [0.2, 0.25) is 10.0 Å². The first-order valence-electron chi connectivity index (χ1n) is 14.0. The van der Waals surface area contributed by atoms with Crippen molar-refractivity contribution in [3.63, 3.8) is 0 Å². The number of amides is 1. The second-order valence-corrected chi connectivity index (χ2v) is 12.5. The summed E-state index contributed by atoms with van der Waals surface area (Å²) in [6.07, 6.45) is 3.19. The largest absolute Gasteiger partial charge is 0.478 e. The van der Waals surface area contributed by atoms with Gasteiger partial charge in [0, 0.05) is 28.7 Å². The second-order valence-electron chi connectivity index (χ2n) is 11.6. The van der Waals surface area contributed by atoms with Crippen molar-refractivity contribution in [1.82, 2.24) is 14.7 Å². The molecular weight excluding hydrogens is 582 g/mol. The summed E-state index contributed by atoms with van der Waals surface area (Å²) in [5.41, 5.74) is 0.866. The SMILES string of the molecule is O=C(O)c1ccc2c3n(nc2c1)[C@@H]1[C@H](CO3)N(CCC2CC2)[C@@]2(C(=O)Nc3cc(Cl)ccc32)[C@H]1c1cccc(Cl)c1F. The second kappa shape index (κ2) is 9.17. The van der Waals surface area contributed by atoms with E-state index in [9.17, 15) is 14.7 Å². The number of likely N-dealkylation sites (tertiary alicyclic amines) is 1. The third-order valence-corrected chi connectivity index (χ3v) is 9.92. The number of rotatable bonds is 5. The molecule has 3 aromatic carbocycles. The Labute approximate surface area is 250 Å². The lowest BCUT2D eigenvalue weighted by Gasteiger charge is -2.39. The number of carbonyl (C=O) groups excluding carboxylic acids is 1. The maximum atomic E-state index is 16.2. The zero-order chi connectivity index (χ0) is 28.9. The maximum Gasteiger partial charge on any atom is 0.335 e. The Hall–Kier alpha value is -3.66. The van der Waals surface area contributed by atoms with E-state index < -0.39 is 29.3 Å². The highest BCUT2D eigenvalue weighted by Crippen LogP contribution is 2.63. The molecule has 1 saturated heterocycles. The Bertz CT molecular complexity index is 1820. The van der Waals surface area contributed by atoms with E-state index in [1.54, 1.807) is 35.0 Å². The number of hydrogen-bond donors (Lipinski definition) is 2. The minimum atomic E-state index is -1.30. The van der Waals surface area contributed by atoms with E-state index in [0.717, 1.165) is 24.8 Å². The maximum absolute atomic E-state index is 16.2. The van der Waals surface area contributed by atoms with Crippen molar-refractivity contribution in [3.05, 3.63) is 87.2 Å². The molecule has 8 rings (SSSR count). The van der Waals surface area contributed by atoms with Gasteiger partial charge < -0.3 is 15.2 Å². The fraction of sp³-hybridized carbons (Fsp3) is 0.323. The molecule has 42 heavy (non-hydrogen) atoms. The summed E-state index contributed by atoms with van der Waals surface area (Å²) in [5, 5.41) is 18.6. The van der Waals surface area contributed by atoms with Crippen LogP contribution in [0.4, 0.5) is 10.1 Å². The molecule has 0 radical (unpaired) electrons. The molecule has 1 saturated carbocycles. The Kier molecular flexibility index (Phi) is 5.68. The first-order chi connectivity index (χ1) is 20.3. The molecule has 214 valence electrons. The average Bonchev–Trinajstić information content (AvgIpc) is 3.56. The minimum absolute atomic E-state index is 0.0330. The van der Waals surface area contributed by atoms with Crippen LogP contribution in [0.3, 0.4) is 0 Å². The van der Waals surface area contributed by atoms with Crippen LogP contribution in [0.25, 0.3) is 10.9 Å². The van der Waals surface area contributed by atoms with Gasteiger partial charge in [-0.05, 0) is 54.3 Å². The predicted octanol–water partition coefficient (Wildman–Crippen LogP) is 6.23. The number of halogens is 3. The number of carboxylic acids is 1. The fourth-order valence-corrected chi connectivity index (χ4v) is 7.79. The highest BCUT2D eigenvalue weighted by molar-refractivity contribution is 6.31. The molecule has 4 atom stereocenters. The zero-order valence-corrected chi connectivity index (χ0v) is 23.7. The van der Waals surface area contributed by atoms with Gasteiger partial charge in [0.2, 0.25) is 11.8 Å². The van der Waals surface area contributed by atoms with Crippen molar-refractivity contribution in [1.29, 1.82) is 0 Å². The Morgan fingerprint density at radius 1 is 1.17 bits per heavy atom. The number of ether oxygens (including phenoxy) is 1. The molecule has 2 N–H and O–H groups in total. The van der Waals surface area contributed by atoms with Gasteiger partial charge in [-0.2, -0.15) is 5.10 Å². The van der Waals surface area contributed by atoms with Crippen molar-refractivity contribution < 1.29 is 23.8 Å². The predicted molar refractivity (Wildman–Crippen MR) is 155 cm³/mol. The van der Waals surface area contributed by atoms with Crippen LogP contribution in [0.1, 0.15) is 52.7 Å². The van der Waals surface area contributed by atoms with E-state index in [1.165, 1.54) is 18.2 Å². The number of aromatic nitrogens is 2. The first kappa shape index (κ1) is 26.0. The number of benzene rings is 3. The number of fused-ring (bicyclic) bond motifs is 7. The van der Waals surface area contributed by atoms with Crippen LogP contribution in [0.15, 0.2) is 54.6 Å². The van der Waals surface area contributed by atoms with Crippen molar-refractivity contribution in [2.75, 3.05) is 18.5 Å². The molecule has 0 unspecified atom stereocenters. The molecular formula is C31H25Cl2FN4O4. The van der Waals surface area contributed by atoms with Gasteiger partial charge >= 0.3 is 5.97 Å². The number of nitrogens with one attached hydrogen (secondary N) is 1. The van der Waals surface area contributed by atoms with Crippen LogP contribution in [0.5, 0.6) is 5.88 Å². The van der Waals surface area contributed by atoms with Crippen molar-refractivity contribution in [2.24, 2.45) is 5.92 Å². The summed E-state index contributed by atoms with van der Waals surface area (Å²) in [5.74, 6) is -1.62. The Balaban J connectivity index is 1.41. The van der Waals surface area contributed by atoms with Gasteiger partial charge in [0.25, 0.3) is 0 Å². The number of carboxylic acid groups (broad SMARTS) is 1. The lowest BCUT2D eigenvalue weighted by Crippen LogP contribution is -2.53. The molecule has 1 amide bonds. The lowest BCUT2D eigenvalue weighted by atomic mass is 9.73. The molecule has 0 bridgehead atoms. The van der Waals surface area contributed by atoms with Gasteiger partial charge in [-0.1, -0.05) is 54.2 Å². The third-order valence-electron chi connectivity index (χ3n) is 9.39. The molecule has 3 aliphatic heterocycles. The van der Waals surface area contributed by atoms with Gasteiger partial charge in [0.05, 0.1) is 33.6 Å². The number of anilines is 1. The summed E-state index contributed by atoms with van der Waals surface area (Å²) in [7, 11) is 0. The highest BCUT2D eigenvalue weighted by atomic mass is 35.5. The van der Waals surface area contributed by atoms with Crippen molar-refractivity contribution in [3.8, 4) is 5.88 Å². The standard InChI is InChI=1S/C31H25Cl2FN4O4/c32-17-7-9-20-23(13-17)35-30(41)31(20)25(19-2-1-3-21(33)26(19)34)27-24(37(31)11-10-15-4-5-15)14-42-28-18-8-6-16(29(39)40)12-22(18)36-38(27)28/h1-3,6-9,12-13,15,24-25,27H,4-5,10-11,14H2,(H,35,41)(H,39,40)/t24-,25-,27+,31+/m0/s1. The molecule has 4 aromatic rings. The van der Waals surface area contributed by atoms with Gasteiger partial charge in [0.1, 0.15) is 18.0 Å². The van der Waals surface area contributed by atoms with E-state index in [-0.39, 0.29) is 29.1 Å². The van der Waals surface area contributed by atoms with Crippen LogP contribution in [-0.2, 0) is 10.3 Å². The fourth-order valence-electron chi connectivity index (χ4n) is 7.44. The lowest BCUT2D eigenvalue weighted by molar-refractivity contribution is -0.128.